The number of para-hydroxylation sites is 1. The molecule has 1 aliphatic heterocycles. The largest absolute Gasteiger partial charge is 0.395 e. The van der Waals surface area contributed by atoms with E-state index in [4.69, 9.17) is 0 Å². The summed E-state index contributed by atoms with van der Waals surface area (Å²) in [6.45, 7) is 0.252. The standard InChI is InChI=1S/C17H19N3O2S/c21-9-8-20-15(14-10-18-16(23-14)11-4-3-5-11)19-13-7-2-1-6-12(13)17(20)22/h1-2,6-7,10-11,15,19,21H,3-5,8-9H2/t15-/m1/s1. The Bertz CT molecular complexity index is 726. The predicted octanol–water partition coefficient (Wildman–Crippen LogP) is 2.97. The highest BCUT2D eigenvalue weighted by atomic mass is 32.1. The van der Waals surface area contributed by atoms with Crippen LogP contribution in [-0.4, -0.2) is 34.0 Å². The average molecular weight is 329 g/mol. The van der Waals surface area contributed by atoms with Gasteiger partial charge in [0.15, 0.2) is 0 Å². The van der Waals surface area contributed by atoms with Gasteiger partial charge in [-0.25, -0.2) is 4.98 Å². The number of fused-ring (bicyclic) bond motifs is 1. The number of aromatic nitrogens is 1. The van der Waals surface area contributed by atoms with Crippen molar-refractivity contribution in [3.8, 4) is 0 Å². The Kier molecular flexibility index (Phi) is 3.79. The van der Waals surface area contributed by atoms with Crippen LogP contribution in [0.3, 0.4) is 0 Å². The third-order valence-corrected chi connectivity index (χ3v) is 5.84. The van der Waals surface area contributed by atoms with Gasteiger partial charge in [-0.2, -0.15) is 0 Å². The summed E-state index contributed by atoms with van der Waals surface area (Å²) < 4.78 is 0. The SMILES string of the molecule is O=C1c2ccccc2N[C@@H](c2cnc(C3CCC3)s2)N1CCO. The molecule has 0 radical (unpaired) electrons. The first-order valence-electron chi connectivity index (χ1n) is 8.01. The van der Waals surface area contributed by atoms with Gasteiger partial charge >= 0.3 is 0 Å². The van der Waals surface area contributed by atoms with Gasteiger partial charge in [-0.3, -0.25) is 4.79 Å². The minimum Gasteiger partial charge on any atom is -0.395 e. The minimum atomic E-state index is -0.254. The summed E-state index contributed by atoms with van der Waals surface area (Å²) in [4.78, 5) is 20.1. The fourth-order valence-corrected chi connectivity index (χ4v) is 4.28. The third-order valence-electron chi connectivity index (χ3n) is 4.63. The first-order valence-corrected chi connectivity index (χ1v) is 8.82. The molecule has 1 fully saturated rings. The number of carbonyl (C=O) groups is 1. The number of thiazole rings is 1. The molecule has 1 aromatic carbocycles. The maximum absolute atomic E-state index is 12.8. The molecule has 2 heterocycles. The summed E-state index contributed by atoms with van der Waals surface area (Å²) in [7, 11) is 0. The predicted molar refractivity (Wildman–Crippen MR) is 89.6 cm³/mol. The highest BCUT2D eigenvalue weighted by Gasteiger charge is 2.34. The average Bonchev–Trinajstić information content (AvgIpc) is 2.97. The number of aliphatic hydroxyl groups is 1. The number of hydrogen-bond donors (Lipinski definition) is 2. The van der Waals surface area contributed by atoms with Gasteiger partial charge in [-0.1, -0.05) is 18.6 Å². The van der Waals surface area contributed by atoms with Crippen LogP contribution < -0.4 is 5.32 Å². The second kappa shape index (κ2) is 5.94. The molecular weight excluding hydrogens is 310 g/mol. The first kappa shape index (κ1) is 14.7. The summed E-state index contributed by atoms with van der Waals surface area (Å²) in [5.74, 6) is 0.545. The van der Waals surface area contributed by atoms with Crippen molar-refractivity contribution in [2.24, 2.45) is 0 Å². The molecule has 1 aliphatic carbocycles. The van der Waals surface area contributed by atoms with Crippen LogP contribution in [0.2, 0.25) is 0 Å². The molecule has 1 amide bonds. The molecule has 6 heteroatoms. The minimum absolute atomic E-state index is 0.0444. The van der Waals surface area contributed by atoms with Crippen LogP contribution in [0, 0.1) is 0 Å². The highest BCUT2D eigenvalue weighted by molar-refractivity contribution is 7.11. The fourth-order valence-electron chi connectivity index (χ4n) is 3.13. The summed E-state index contributed by atoms with van der Waals surface area (Å²) in [5.41, 5.74) is 1.50. The molecule has 2 aromatic rings. The van der Waals surface area contributed by atoms with E-state index in [0.717, 1.165) is 10.6 Å². The van der Waals surface area contributed by atoms with E-state index in [2.05, 4.69) is 10.3 Å². The monoisotopic (exact) mass is 329 g/mol. The van der Waals surface area contributed by atoms with Crippen LogP contribution in [-0.2, 0) is 0 Å². The number of nitrogens with one attached hydrogen (secondary N) is 1. The van der Waals surface area contributed by atoms with Crippen LogP contribution >= 0.6 is 11.3 Å². The molecule has 0 saturated heterocycles. The molecule has 2 aliphatic rings. The lowest BCUT2D eigenvalue weighted by atomic mass is 9.86. The molecule has 4 rings (SSSR count). The molecule has 1 atom stereocenters. The Morgan fingerprint density at radius 2 is 2.17 bits per heavy atom. The lowest BCUT2D eigenvalue weighted by Gasteiger charge is -2.36. The molecule has 1 aromatic heterocycles. The van der Waals surface area contributed by atoms with Gasteiger partial charge in [0.2, 0.25) is 0 Å². The van der Waals surface area contributed by atoms with Crippen LogP contribution in [0.25, 0.3) is 0 Å². The maximum Gasteiger partial charge on any atom is 0.257 e. The van der Waals surface area contributed by atoms with Crippen molar-refractivity contribution in [3.63, 3.8) is 0 Å². The molecule has 0 spiro atoms. The lowest BCUT2D eigenvalue weighted by molar-refractivity contribution is 0.0644. The van der Waals surface area contributed by atoms with Gasteiger partial charge in [-0.15, -0.1) is 11.3 Å². The van der Waals surface area contributed by atoms with Crippen molar-refractivity contribution >= 4 is 22.9 Å². The van der Waals surface area contributed by atoms with Gasteiger partial charge in [0.05, 0.1) is 22.1 Å². The number of amides is 1. The number of β-amino-alcohol motifs (C(OH)–C–C–N with tert-alkyl or cyclic N) is 1. The molecule has 0 unspecified atom stereocenters. The smallest absolute Gasteiger partial charge is 0.257 e. The second-order valence-electron chi connectivity index (χ2n) is 6.04. The van der Waals surface area contributed by atoms with Crippen molar-refractivity contribution in [1.82, 2.24) is 9.88 Å². The fraction of sp³-hybridized carbons (Fsp3) is 0.412. The van der Waals surface area contributed by atoms with Crippen LogP contribution in [0.4, 0.5) is 5.69 Å². The molecule has 120 valence electrons. The van der Waals surface area contributed by atoms with Crippen molar-refractivity contribution < 1.29 is 9.90 Å². The number of anilines is 1. The Hall–Kier alpha value is -1.92. The summed E-state index contributed by atoms with van der Waals surface area (Å²) in [6, 6.07) is 7.52. The molecule has 23 heavy (non-hydrogen) atoms. The van der Waals surface area contributed by atoms with E-state index in [1.54, 1.807) is 16.2 Å². The number of rotatable bonds is 4. The van der Waals surface area contributed by atoms with Crippen LogP contribution in [0.15, 0.2) is 30.5 Å². The van der Waals surface area contributed by atoms with E-state index >= 15 is 0 Å². The zero-order valence-electron chi connectivity index (χ0n) is 12.7. The number of benzene rings is 1. The van der Waals surface area contributed by atoms with Gasteiger partial charge in [-0.05, 0) is 25.0 Å². The Morgan fingerprint density at radius 1 is 1.35 bits per heavy atom. The van der Waals surface area contributed by atoms with Crippen molar-refractivity contribution in [2.45, 2.75) is 31.3 Å². The summed E-state index contributed by atoms with van der Waals surface area (Å²) in [6.07, 6.45) is 5.34. The van der Waals surface area contributed by atoms with Crippen molar-refractivity contribution in [3.05, 3.63) is 45.9 Å². The molecule has 5 nitrogen and oxygen atoms in total. The van der Waals surface area contributed by atoms with Crippen molar-refractivity contribution in [1.29, 1.82) is 0 Å². The number of carbonyl (C=O) groups excluding carboxylic acids is 1. The molecule has 0 bridgehead atoms. The van der Waals surface area contributed by atoms with Gasteiger partial charge < -0.3 is 15.3 Å². The van der Waals surface area contributed by atoms with E-state index in [-0.39, 0.29) is 18.7 Å². The van der Waals surface area contributed by atoms with E-state index < -0.39 is 0 Å². The van der Waals surface area contributed by atoms with Crippen LogP contribution in [0.1, 0.15) is 51.6 Å². The molecule has 2 N–H and O–H groups in total. The van der Waals surface area contributed by atoms with Gasteiger partial charge in [0.25, 0.3) is 5.91 Å². The normalized spacial score (nSPS) is 20.8. The molecular formula is C17H19N3O2S. The maximum atomic E-state index is 12.8. The summed E-state index contributed by atoms with van der Waals surface area (Å²) >= 11 is 1.68. The zero-order chi connectivity index (χ0) is 15.8. The Balaban J connectivity index is 1.68. The van der Waals surface area contributed by atoms with Crippen molar-refractivity contribution in [2.75, 3.05) is 18.5 Å². The van der Waals surface area contributed by atoms with Gasteiger partial charge in [0.1, 0.15) is 6.17 Å². The highest BCUT2D eigenvalue weighted by Crippen LogP contribution is 2.41. The first-order chi connectivity index (χ1) is 11.3. The summed E-state index contributed by atoms with van der Waals surface area (Å²) in [5, 5.41) is 14.0. The topological polar surface area (TPSA) is 65.5 Å². The van der Waals surface area contributed by atoms with E-state index in [1.165, 1.54) is 24.3 Å². The number of hydrogen-bond acceptors (Lipinski definition) is 5. The van der Waals surface area contributed by atoms with E-state index in [1.807, 2.05) is 30.5 Å². The lowest BCUT2D eigenvalue weighted by Crippen LogP contribution is -2.44. The Labute approximate surface area is 139 Å². The van der Waals surface area contributed by atoms with E-state index in [9.17, 15) is 9.90 Å². The number of aliphatic hydroxyl groups excluding tert-OH is 1. The van der Waals surface area contributed by atoms with Crippen LogP contribution in [0.5, 0.6) is 0 Å². The third kappa shape index (κ3) is 2.52. The Morgan fingerprint density at radius 3 is 2.91 bits per heavy atom. The zero-order valence-corrected chi connectivity index (χ0v) is 13.6. The second-order valence-corrected chi connectivity index (χ2v) is 7.14. The number of nitrogens with zero attached hydrogens (tertiary/aromatic N) is 2. The van der Waals surface area contributed by atoms with E-state index in [0.29, 0.717) is 18.0 Å². The molecule has 1 saturated carbocycles. The quantitative estimate of drug-likeness (QED) is 0.905. The van der Waals surface area contributed by atoms with Gasteiger partial charge in [0, 0.05) is 24.3 Å².